The first-order chi connectivity index (χ1) is 8.61. The summed E-state index contributed by atoms with van der Waals surface area (Å²) in [5.74, 6) is 1.08. The molecule has 1 N–H and O–H groups in total. The molecule has 98 valence electrons. The molecule has 3 heteroatoms. The van der Waals surface area contributed by atoms with Crippen LogP contribution in [-0.4, -0.2) is 18.0 Å². The van der Waals surface area contributed by atoms with Crippen molar-refractivity contribution in [1.29, 1.82) is 0 Å². The second kappa shape index (κ2) is 5.42. The molecule has 0 aromatic heterocycles. The van der Waals surface area contributed by atoms with Crippen LogP contribution in [0.3, 0.4) is 0 Å². The monoisotopic (exact) mass is 248 g/mol. The summed E-state index contributed by atoms with van der Waals surface area (Å²) in [6, 6.07) is 3.75. The number of carbonyl (C=O) groups excluding carboxylic acids is 1. The second-order valence-corrected chi connectivity index (χ2v) is 5.09. The SMILES string of the molecule is COc1cc(C)cc(CC2CCCCC2=O)c1O. The van der Waals surface area contributed by atoms with Gasteiger partial charge in [-0.2, -0.15) is 0 Å². The first-order valence-corrected chi connectivity index (χ1v) is 6.51. The van der Waals surface area contributed by atoms with E-state index in [2.05, 4.69) is 0 Å². The Kier molecular flexibility index (Phi) is 3.90. The minimum Gasteiger partial charge on any atom is -0.504 e. The summed E-state index contributed by atoms with van der Waals surface area (Å²) in [5, 5.41) is 10.1. The Morgan fingerprint density at radius 1 is 1.39 bits per heavy atom. The third-order valence-electron chi connectivity index (χ3n) is 3.67. The van der Waals surface area contributed by atoms with Crippen molar-refractivity contribution in [1.82, 2.24) is 0 Å². The Morgan fingerprint density at radius 3 is 2.83 bits per heavy atom. The maximum atomic E-state index is 11.8. The summed E-state index contributed by atoms with van der Waals surface area (Å²) >= 11 is 0. The molecule has 0 radical (unpaired) electrons. The number of carbonyl (C=O) groups is 1. The summed E-state index contributed by atoms with van der Waals surface area (Å²) < 4.78 is 5.15. The van der Waals surface area contributed by atoms with Gasteiger partial charge in [0.15, 0.2) is 11.5 Å². The zero-order valence-electron chi connectivity index (χ0n) is 11.0. The lowest BCUT2D eigenvalue weighted by molar-refractivity contribution is -0.124. The van der Waals surface area contributed by atoms with E-state index in [1.807, 2.05) is 19.1 Å². The molecule has 1 aromatic carbocycles. The van der Waals surface area contributed by atoms with Gasteiger partial charge in [0.05, 0.1) is 7.11 Å². The predicted molar refractivity (Wildman–Crippen MR) is 70.1 cm³/mol. The van der Waals surface area contributed by atoms with Crippen LogP contribution in [0.25, 0.3) is 0 Å². The molecule has 0 amide bonds. The van der Waals surface area contributed by atoms with E-state index in [0.717, 1.165) is 30.4 Å². The van der Waals surface area contributed by atoms with Gasteiger partial charge in [0, 0.05) is 12.3 Å². The van der Waals surface area contributed by atoms with Gasteiger partial charge in [-0.25, -0.2) is 0 Å². The van der Waals surface area contributed by atoms with E-state index in [-0.39, 0.29) is 11.7 Å². The van der Waals surface area contributed by atoms with Crippen LogP contribution in [0, 0.1) is 12.8 Å². The fourth-order valence-electron chi connectivity index (χ4n) is 2.67. The molecular weight excluding hydrogens is 228 g/mol. The van der Waals surface area contributed by atoms with Gasteiger partial charge in [-0.3, -0.25) is 4.79 Å². The topological polar surface area (TPSA) is 46.5 Å². The molecule has 0 spiro atoms. The van der Waals surface area contributed by atoms with E-state index in [1.54, 1.807) is 7.11 Å². The summed E-state index contributed by atoms with van der Waals surface area (Å²) in [6.45, 7) is 1.97. The Bertz CT molecular complexity index is 451. The largest absolute Gasteiger partial charge is 0.504 e. The number of ether oxygens (including phenoxy) is 1. The van der Waals surface area contributed by atoms with Gasteiger partial charge in [0.2, 0.25) is 0 Å². The fraction of sp³-hybridized carbons (Fsp3) is 0.533. The molecule has 1 aliphatic carbocycles. The highest BCUT2D eigenvalue weighted by atomic mass is 16.5. The molecule has 1 fully saturated rings. The van der Waals surface area contributed by atoms with E-state index < -0.39 is 0 Å². The molecule has 0 aliphatic heterocycles. The van der Waals surface area contributed by atoms with Crippen LogP contribution in [0.1, 0.15) is 36.8 Å². The van der Waals surface area contributed by atoms with E-state index in [9.17, 15) is 9.90 Å². The number of aromatic hydroxyl groups is 1. The van der Waals surface area contributed by atoms with Crippen LogP contribution in [0.15, 0.2) is 12.1 Å². The molecule has 1 atom stereocenters. The first kappa shape index (κ1) is 12.9. The van der Waals surface area contributed by atoms with E-state index in [4.69, 9.17) is 4.74 Å². The van der Waals surface area contributed by atoms with Crippen LogP contribution < -0.4 is 4.74 Å². The Morgan fingerprint density at radius 2 is 2.17 bits per heavy atom. The molecule has 1 saturated carbocycles. The molecule has 18 heavy (non-hydrogen) atoms. The average molecular weight is 248 g/mol. The number of Topliss-reactive ketones (excluding diaryl/α,β-unsaturated/α-hetero) is 1. The number of rotatable bonds is 3. The van der Waals surface area contributed by atoms with Gasteiger partial charge in [0.1, 0.15) is 5.78 Å². The van der Waals surface area contributed by atoms with Crippen LogP contribution in [0.4, 0.5) is 0 Å². The van der Waals surface area contributed by atoms with Gasteiger partial charge in [-0.15, -0.1) is 0 Å². The molecule has 1 aliphatic rings. The molecule has 1 unspecified atom stereocenters. The summed E-state index contributed by atoms with van der Waals surface area (Å²) in [5.41, 5.74) is 1.87. The quantitative estimate of drug-likeness (QED) is 0.894. The van der Waals surface area contributed by atoms with Gasteiger partial charge in [-0.05, 0) is 43.4 Å². The molecule has 3 nitrogen and oxygen atoms in total. The maximum absolute atomic E-state index is 11.8. The van der Waals surface area contributed by atoms with Crippen LogP contribution in [0.2, 0.25) is 0 Å². The van der Waals surface area contributed by atoms with Crippen molar-refractivity contribution in [3.63, 3.8) is 0 Å². The van der Waals surface area contributed by atoms with Gasteiger partial charge in [0.25, 0.3) is 0 Å². The number of phenols is 1. The van der Waals surface area contributed by atoms with Gasteiger partial charge in [-0.1, -0.05) is 12.5 Å². The lowest BCUT2D eigenvalue weighted by atomic mass is 9.83. The highest BCUT2D eigenvalue weighted by Crippen LogP contribution is 2.34. The zero-order chi connectivity index (χ0) is 13.1. The third kappa shape index (κ3) is 2.66. The highest BCUT2D eigenvalue weighted by molar-refractivity contribution is 5.82. The van der Waals surface area contributed by atoms with Gasteiger partial charge < -0.3 is 9.84 Å². The van der Waals surface area contributed by atoms with Crippen molar-refractivity contribution in [3.05, 3.63) is 23.3 Å². The number of benzene rings is 1. The van der Waals surface area contributed by atoms with E-state index >= 15 is 0 Å². The summed E-state index contributed by atoms with van der Waals surface area (Å²) in [7, 11) is 1.55. The molecule has 1 aromatic rings. The van der Waals surface area contributed by atoms with Crippen molar-refractivity contribution >= 4 is 5.78 Å². The number of aryl methyl sites for hydroxylation is 1. The Hall–Kier alpha value is -1.51. The minimum absolute atomic E-state index is 0.0659. The van der Waals surface area contributed by atoms with Crippen LogP contribution in [-0.2, 0) is 11.2 Å². The number of phenolic OH excluding ortho intramolecular Hbond substituents is 1. The number of hydrogen-bond donors (Lipinski definition) is 1. The molecule has 0 saturated heterocycles. The molecule has 0 bridgehead atoms. The highest BCUT2D eigenvalue weighted by Gasteiger charge is 2.24. The van der Waals surface area contributed by atoms with Gasteiger partial charge >= 0.3 is 0 Å². The summed E-state index contributed by atoms with van der Waals surface area (Å²) in [4.78, 5) is 11.8. The van der Waals surface area contributed by atoms with Crippen molar-refractivity contribution in [2.75, 3.05) is 7.11 Å². The van der Waals surface area contributed by atoms with E-state index in [1.165, 1.54) is 0 Å². The lowest BCUT2D eigenvalue weighted by Crippen LogP contribution is -2.21. The zero-order valence-corrected chi connectivity index (χ0v) is 11.0. The fourth-order valence-corrected chi connectivity index (χ4v) is 2.67. The molecule has 0 heterocycles. The second-order valence-electron chi connectivity index (χ2n) is 5.09. The molecule has 2 rings (SSSR count). The van der Waals surface area contributed by atoms with Crippen molar-refractivity contribution in [3.8, 4) is 11.5 Å². The Labute approximate surface area is 108 Å². The number of methoxy groups -OCH3 is 1. The number of ketones is 1. The Balaban J connectivity index is 2.22. The van der Waals surface area contributed by atoms with Crippen LogP contribution >= 0.6 is 0 Å². The van der Waals surface area contributed by atoms with Crippen molar-refractivity contribution < 1.29 is 14.6 Å². The lowest BCUT2D eigenvalue weighted by Gasteiger charge is -2.21. The third-order valence-corrected chi connectivity index (χ3v) is 3.67. The van der Waals surface area contributed by atoms with Crippen LogP contribution in [0.5, 0.6) is 11.5 Å². The van der Waals surface area contributed by atoms with E-state index in [0.29, 0.717) is 24.4 Å². The average Bonchev–Trinajstić information content (AvgIpc) is 2.36. The minimum atomic E-state index is 0.0659. The summed E-state index contributed by atoms with van der Waals surface area (Å²) in [6.07, 6.45) is 4.38. The normalized spacial score (nSPS) is 19.9. The standard InChI is InChI=1S/C15H20O3/c1-10-7-12(15(17)14(8-10)18-2)9-11-5-3-4-6-13(11)16/h7-8,11,17H,3-6,9H2,1-2H3. The molecular formula is C15H20O3. The number of hydrogen-bond acceptors (Lipinski definition) is 3. The van der Waals surface area contributed by atoms with Crippen molar-refractivity contribution in [2.24, 2.45) is 5.92 Å². The van der Waals surface area contributed by atoms with Crippen molar-refractivity contribution in [2.45, 2.75) is 39.0 Å². The first-order valence-electron chi connectivity index (χ1n) is 6.51. The predicted octanol–water partition coefficient (Wildman–Crippen LogP) is 3.01. The smallest absolute Gasteiger partial charge is 0.161 e. The maximum Gasteiger partial charge on any atom is 0.161 e.